The smallest absolute Gasteiger partial charge is 0.243 e. The maximum Gasteiger partial charge on any atom is 0.243 e. The van der Waals surface area contributed by atoms with Gasteiger partial charge in [-0.05, 0) is 43.7 Å². The lowest BCUT2D eigenvalue weighted by Gasteiger charge is -2.27. The monoisotopic (exact) mass is 314 g/mol. The molecule has 1 aliphatic heterocycles. The molecule has 1 heterocycles. The standard InChI is InChI=1S/C14H22N2O2S2/c1-11-8-13(10-15-3)9-14(12(11)2)20(17,18)16-4-6-19-7-5-16/h8-9,15H,4-7,10H2,1-3H3. The van der Waals surface area contributed by atoms with Crippen molar-refractivity contribution in [2.75, 3.05) is 31.6 Å². The van der Waals surface area contributed by atoms with Gasteiger partial charge in [0, 0.05) is 31.1 Å². The summed E-state index contributed by atoms with van der Waals surface area (Å²) >= 11 is 1.81. The molecule has 0 bridgehead atoms. The van der Waals surface area contributed by atoms with E-state index in [1.54, 1.807) is 4.31 Å². The Hall–Kier alpha value is -0.560. The minimum Gasteiger partial charge on any atom is -0.316 e. The number of sulfonamides is 1. The molecule has 2 rings (SSSR count). The molecule has 20 heavy (non-hydrogen) atoms. The van der Waals surface area contributed by atoms with Crippen molar-refractivity contribution in [3.8, 4) is 0 Å². The quantitative estimate of drug-likeness (QED) is 0.920. The number of nitrogens with one attached hydrogen (secondary N) is 1. The normalized spacial score (nSPS) is 17.4. The summed E-state index contributed by atoms with van der Waals surface area (Å²) in [7, 11) is -1.50. The second-order valence-corrected chi connectivity index (χ2v) is 8.21. The molecular weight excluding hydrogens is 292 g/mol. The van der Waals surface area contributed by atoms with Crippen molar-refractivity contribution in [1.29, 1.82) is 0 Å². The number of nitrogens with zero attached hydrogens (tertiary/aromatic N) is 1. The van der Waals surface area contributed by atoms with Crippen LogP contribution in [0.4, 0.5) is 0 Å². The van der Waals surface area contributed by atoms with E-state index in [2.05, 4.69) is 11.4 Å². The van der Waals surface area contributed by atoms with E-state index in [0.717, 1.165) is 28.2 Å². The molecule has 1 fully saturated rings. The van der Waals surface area contributed by atoms with Gasteiger partial charge in [0.05, 0.1) is 4.90 Å². The lowest BCUT2D eigenvalue weighted by Crippen LogP contribution is -2.38. The fourth-order valence-electron chi connectivity index (χ4n) is 2.40. The molecule has 0 amide bonds. The molecule has 0 radical (unpaired) electrons. The first-order valence-corrected chi connectivity index (χ1v) is 9.39. The van der Waals surface area contributed by atoms with Crippen LogP contribution >= 0.6 is 11.8 Å². The summed E-state index contributed by atoms with van der Waals surface area (Å²) in [6, 6.07) is 3.87. The van der Waals surface area contributed by atoms with E-state index < -0.39 is 10.0 Å². The third-order valence-corrected chi connectivity index (χ3v) is 6.62. The molecule has 1 aromatic rings. The molecule has 4 nitrogen and oxygen atoms in total. The molecule has 1 N–H and O–H groups in total. The van der Waals surface area contributed by atoms with E-state index in [1.165, 1.54) is 0 Å². The van der Waals surface area contributed by atoms with Crippen LogP contribution in [0.1, 0.15) is 16.7 Å². The van der Waals surface area contributed by atoms with Crippen molar-refractivity contribution < 1.29 is 8.42 Å². The van der Waals surface area contributed by atoms with Gasteiger partial charge in [0.1, 0.15) is 0 Å². The highest BCUT2D eigenvalue weighted by Crippen LogP contribution is 2.26. The molecule has 6 heteroatoms. The first kappa shape index (κ1) is 15.8. The maximum atomic E-state index is 12.8. The summed E-state index contributed by atoms with van der Waals surface area (Å²) in [5.74, 6) is 1.76. The predicted octanol–water partition coefficient (Wildman–Crippen LogP) is 1.76. The number of hydrogen-bond donors (Lipinski definition) is 1. The van der Waals surface area contributed by atoms with Gasteiger partial charge in [-0.15, -0.1) is 0 Å². The van der Waals surface area contributed by atoms with Gasteiger partial charge in [0.2, 0.25) is 10.0 Å². The van der Waals surface area contributed by atoms with E-state index in [9.17, 15) is 8.42 Å². The number of benzene rings is 1. The van der Waals surface area contributed by atoms with Crippen molar-refractivity contribution in [1.82, 2.24) is 9.62 Å². The van der Waals surface area contributed by atoms with Gasteiger partial charge in [-0.3, -0.25) is 0 Å². The zero-order chi connectivity index (χ0) is 14.8. The Morgan fingerprint density at radius 3 is 2.50 bits per heavy atom. The minimum atomic E-state index is -3.36. The molecule has 1 saturated heterocycles. The lowest BCUT2D eigenvalue weighted by atomic mass is 10.1. The Bertz CT molecular complexity index is 579. The Balaban J connectivity index is 2.44. The summed E-state index contributed by atoms with van der Waals surface area (Å²) in [5, 5.41) is 3.08. The predicted molar refractivity (Wildman–Crippen MR) is 84.8 cm³/mol. The molecule has 112 valence electrons. The molecule has 0 unspecified atom stereocenters. The summed E-state index contributed by atoms with van der Waals surface area (Å²) < 4.78 is 27.2. The summed E-state index contributed by atoms with van der Waals surface area (Å²) in [6.07, 6.45) is 0. The Morgan fingerprint density at radius 2 is 1.90 bits per heavy atom. The second-order valence-electron chi connectivity index (χ2n) is 5.08. The molecule has 0 aromatic heterocycles. The average Bonchev–Trinajstić information content (AvgIpc) is 2.43. The third kappa shape index (κ3) is 3.19. The Morgan fingerprint density at radius 1 is 1.25 bits per heavy atom. The molecule has 0 spiro atoms. The van der Waals surface area contributed by atoms with Crippen LogP contribution in [0.15, 0.2) is 17.0 Å². The SMILES string of the molecule is CNCc1cc(C)c(C)c(S(=O)(=O)N2CCSCC2)c1. The Kier molecular flexibility index (Phi) is 5.12. The van der Waals surface area contributed by atoms with Gasteiger partial charge in [-0.1, -0.05) is 6.07 Å². The molecule has 1 aliphatic rings. The van der Waals surface area contributed by atoms with Gasteiger partial charge in [-0.25, -0.2) is 8.42 Å². The van der Waals surface area contributed by atoms with E-state index in [-0.39, 0.29) is 0 Å². The molecule has 0 atom stereocenters. The zero-order valence-electron chi connectivity index (χ0n) is 12.3. The van der Waals surface area contributed by atoms with E-state index in [4.69, 9.17) is 0 Å². The lowest BCUT2D eigenvalue weighted by molar-refractivity contribution is 0.443. The van der Waals surface area contributed by atoms with Crippen molar-refractivity contribution in [3.05, 3.63) is 28.8 Å². The highest BCUT2D eigenvalue weighted by atomic mass is 32.2. The van der Waals surface area contributed by atoms with Gasteiger partial charge in [0.15, 0.2) is 0 Å². The van der Waals surface area contributed by atoms with E-state index in [1.807, 2.05) is 38.7 Å². The van der Waals surface area contributed by atoms with Gasteiger partial charge >= 0.3 is 0 Å². The van der Waals surface area contributed by atoms with Crippen molar-refractivity contribution >= 4 is 21.8 Å². The topological polar surface area (TPSA) is 49.4 Å². The van der Waals surface area contributed by atoms with Crippen LogP contribution in [0.3, 0.4) is 0 Å². The van der Waals surface area contributed by atoms with Crippen molar-refractivity contribution in [2.45, 2.75) is 25.3 Å². The highest BCUT2D eigenvalue weighted by molar-refractivity contribution is 7.99. The minimum absolute atomic E-state index is 0.467. The first-order valence-electron chi connectivity index (χ1n) is 6.79. The number of aryl methyl sites for hydroxylation is 1. The van der Waals surface area contributed by atoms with Crippen LogP contribution in [-0.4, -0.2) is 44.4 Å². The zero-order valence-corrected chi connectivity index (χ0v) is 13.9. The largest absolute Gasteiger partial charge is 0.316 e. The van der Waals surface area contributed by atoms with Crippen LogP contribution in [-0.2, 0) is 16.6 Å². The number of rotatable bonds is 4. The van der Waals surface area contributed by atoms with Gasteiger partial charge < -0.3 is 5.32 Å². The second kappa shape index (κ2) is 6.47. The summed E-state index contributed by atoms with van der Waals surface area (Å²) in [5.41, 5.74) is 2.91. The Labute approximate surface area is 126 Å². The fourth-order valence-corrected chi connectivity index (χ4v) is 5.32. The average molecular weight is 314 g/mol. The van der Waals surface area contributed by atoms with Crippen LogP contribution in [0.25, 0.3) is 0 Å². The van der Waals surface area contributed by atoms with E-state index >= 15 is 0 Å². The van der Waals surface area contributed by atoms with Crippen LogP contribution in [0.2, 0.25) is 0 Å². The van der Waals surface area contributed by atoms with Crippen molar-refractivity contribution in [3.63, 3.8) is 0 Å². The molecular formula is C14H22N2O2S2. The molecule has 0 saturated carbocycles. The van der Waals surface area contributed by atoms with Crippen LogP contribution in [0.5, 0.6) is 0 Å². The van der Waals surface area contributed by atoms with Gasteiger partial charge in [-0.2, -0.15) is 16.1 Å². The summed E-state index contributed by atoms with van der Waals surface area (Å²) in [4.78, 5) is 0.467. The first-order chi connectivity index (χ1) is 9.46. The third-order valence-electron chi connectivity index (χ3n) is 3.65. The molecule has 0 aliphatic carbocycles. The summed E-state index contributed by atoms with van der Waals surface area (Å²) in [6.45, 7) is 5.77. The fraction of sp³-hybridized carbons (Fsp3) is 0.571. The highest BCUT2D eigenvalue weighted by Gasteiger charge is 2.28. The van der Waals surface area contributed by atoms with Gasteiger partial charge in [0.25, 0.3) is 0 Å². The number of hydrogen-bond acceptors (Lipinski definition) is 4. The van der Waals surface area contributed by atoms with Crippen LogP contribution < -0.4 is 5.32 Å². The van der Waals surface area contributed by atoms with Crippen molar-refractivity contribution in [2.24, 2.45) is 0 Å². The number of thioether (sulfide) groups is 1. The van der Waals surface area contributed by atoms with Crippen LogP contribution in [0, 0.1) is 13.8 Å². The maximum absolute atomic E-state index is 12.8. The van der Waals surface area contributed by atoms with E-state index in [0.29, 0.717) is 24.5 Å². The molecule has 1 aromatic carbocycles.